The smallest absolute Gasteiger partial charge is 0.335 e. The molecule has 156 valence electrons. The van der Waals surface area contributed by atoms with Gasteiger partial charge in [0.25, 0.3) is 0 Å². The van der Waals surface area contributed by atoms with Crippen LogP contribution in [0.15, 0.2) is 12.1 Å². The summed E-state index contributed by atoms with van der Waals surface area (Å²) in [7, 11) is 0. The lowest BCUT2D eigenvalue weighted by atomic mass is 9.83. The summed E-state index contributed by atoms with van der Waals surface area (Å²) in [5.41, 5.74) is 11.4. The average Bonchev–Trinajstić information content (AvgIpc) is 3.18. The van der Waals surface area contributed by atoms with Gasteiger partial charge in [-0.05, 0) is 120 Å². The third kappa shape index (κ3) is 2.73. The van der Waals surface area contributed by atoms with Gasteiger partial charge in [0, 0.05) is 0 Å². The standard InChI is InChI=1S/C26H28O4/c1-11-7-19(25(27)28)15(5)23-17(11)9-13(3)21(23)22-14(4)10-18-12(2)8-20(26(29)30)16(6)24(18)22/h7-8,13-14H,9-10H2,1-6H3,(H,27,28)(H,29,30)/b22-21+/t13-,14-/m1/s1. The van der Waals surface area contributed by atoms with Gasteiger partial charge in [-0.1, -0.05) is 13.8 Å². The van der Waals surface area contributed by atoms with E-state index in [4.69, 9.17) is 0 Å². The van der Waals surface area contributed by atoms with E-state index < -0.39 is 11.9 Å². The maximum atomic E-state index is 11.9. The molecule has 2 aromatic rings. The van der Waals surface area contributed by atoms with E-state index in [9.17, 15) is 19.8 Å². The monoisotopic (exact) mass is 404 g/mol. The molecule has 4 rings (SSSR count). The second kappa shape index (κ2) is 6.83. The fourth-order valence-corrected chi connectivity index (χ4v) is 5.75. The second-order valence-corrected chi connectivity index (χ2v) is 9.09. The molecule has 2 aromatic carbocycles. The van der Waals surface area contributed by atoms with Gasteiger partial charge in [0.2, 0.25) is 0 Å². The average molecular weight is 405 g/mol. The van der Waals surface area contributed by atoms with Gasteiger partial charge in [0.05, 0.1) is 11.1 Å². The summed E-state index contributed by atoms with van der Waals surface area (Å²) in [6.07, 6.45) is 1.78. The van der Waals surface area contributed by atoms with Crippen molar-refractivity contribution in [1.29, 1.82) is 0 Å². The molecule has 0 bridgehead atoms. The van der Waals surface area contributed by atoms with Crippen molar-refractivity contribution in [2.45, 2.75) is 54.4 Å². The molecule has 0 saturated carbocycles. The van der Waals surface area contributed by atoms with Crippen LogP contribution in [0, 0.1) is 39.5 Å². The maximum Gasteiger partial charge on any atom is 0.335 e. The summed E-state index contributed by atoms with van der Waals surface area (Å²) in [4.78, 5) is 23.8. The second-order valence-electron chi connectivity index (χ2n) is 9.09. The number of rotatable bonds is 2. The van der Waals surface area contributed by atoms with Crippen molar-refractivity contribution in [2.24, 2.45) is 11.8 Å². The summed E-state index contributed by atoms with van der Waals surface area (Å²) >= 11 is 0. The van der Waals surface area contributed by atoms with Crippen LogP contribution in [0.5, 0.6) is 0 Å². The fraction of sp³-hybridized carbons (Fsp3) is 0.385. The molecule has 0 unspecified atom stereocenters. The Balaban J connectivity index is 2.12. The molecule has 2 aliphatic rings. The zero-order valence-corrected chi connectivity index (χ0v) is 18.4. The van der Waals surface area contributed by atoms with E-state index >= 15 is 0 Å². The van der Waals surface area contributed by atoms with Gasteiger partial charge >= 0.3 is 11.9 Å². The minimum absolute atomic E-state index is 0.262. The predicted molar refractivity (Wildman–Crippen MR) is 118 cm³/mol. The predicted octanol–water partition coefficient (Wildman–Crippen LogP) is 5.61. The number of hydrogen-bond donors (Lipinski definition) is 2. The lowest BCUT2D eigenvalue weighted by Gasteiger charge is -2.20. The molecule has 4 heteroatoms. The van der Waals surface area contributed by atoms with Gasteiger partial charge in [-0.2, -0.15) is 0 Å². The summed E-state index contributed by atoms with van der Waals surface area (Å²) in [5.74, 6) is -1.28. The molecule has 2 aliphatic carbocycles. The zero-order chi connectivity index (χ0) is 22.1. The highest BCUT2D eigenvalue weighted by Gasteiger charge is 2.37. The molecule has 2 N–H and O–H groups in total. The van der Waals surface area contributed by atoms with Crippen molar-refractivity contribution >= 4 is 23.1 Å². The van der Waals surface area contributed by atoms with Crippen LogP contribution in [-0.4, -0.2) is 22.2 Å². The normalized spacial score (nSPS) is 22.2. The van der Waals surface area contributed by atoms with Crippen LogP contribution in [0.25, 0.3) is 11.1 Å². The van der Waals surface area contributed by atoms with Crippen molar-refractivity contribution in [3.8, 4) is 0 Å². The van der Waals surface area contributed by atoms with Crippen molar-refractivity contribution < 1.29 is 19.8 Å². The van der Waals surface area contributed by atoms with Crippen LogP contribution in [0.2, 0.25) is 0 Å². The Hall–Kier alpha value is -2.88. The molecule has 0 amide bonds. The first-order valence-corrected chi connectivity index (χ1v) is 10.5. The minimum atomic E-state index is -0.901. The van der Waals surface area contributed by atoms with E-state index in [-0.39, 0.29) is 11.8 Å². The van der Waals surface area contributed by atoms with Gasteiger partial charge in [0.15, 0.2) is 0 Å². The summed E-state index contributed by atoms with van der Waals surface area (Å²) in [5, 5.41) is 19.5. The van der Waals surface area contributed by atoms with Gasteiger partial charge < -0.3 is 10.2 Å². The highest BCUT2D eigenvalue weighted by molar-refractivity contribution is 6.03. The molecule has 4 nitrogen and oxygen atoms in total. The number of carbonyl (C=O) groups is 2. The highest BCUT2D eigenvalue weighted by Crippen LogP contribution is 2.52. The molecule has 0 spiro atoms. The van der Waals surface area contributed by atoms with Crippen LogP contribution in [-0.2, 0) is 12.8 Å². The molecule has 30 heavy (non-hydrogen) atoms. The van der Waals surface area contributed by atoms with Crippen molar-refractivity contribution in [2.75, 3.05) is 0 Å². The van der Waals surface area contributed by atoms with Gasteiger partial charge in [0.1, 0.15) is 0 Å². The quantitative estimate of drug-likeness (QED) is 0.682. The van der Waals surface area contributed by atoms with E-state index in [0.717, 1.165) is 46.2 Å². The number of benzene rings is 2. The summed E-state index contributed by atoms with van der Waals surface area (Å²) < 4.78 is 0. The molecule has 0 radical (unpaired) electrons. The number of aromatic carboxylic acids is 2. The lowest BCUT2D eigenvalue weighted by Crippen LogP contribution is -2.07. The van der Waals surface area contributed by atoms with Crippen molar-refractivity contribution in [1.82, 2.24) is 0 Å². The third-order valence-corrected chi connectivity index (χ3v) is 7.13. The molecule has 0 heterocycles. The van der Waals surface area contributed by atoms with Gasteiger partial charge in [-0.15, -0.1) is 0 Å². The molecule has 2 atom stereocenters. The number of carboxylic acids is 2. The molecule has 0 fully saturated rings. The largest absolute Gasteiger partial charge is 0.478 e. The Kier molecular flexibility index (Phi) is 4.64. The van der Waals surface area contributed by atoms with Crippen LogP contribution in [0.3, 0.4) is 0 Å². The van der Waals surface area contributed by atoms with Gasteiger partial charge in [-0.25, -0.2) is 9.59 Å². The number of allylic oxidation sites excluding steroid dienone is 2. The molecule has 0 saturated heterocycles. The topological polar surface area (TPSA) is 74.6 Å². The van der Waals surface area contributed by atoms with Gasteiger partial charge in [-0.3, -0.25) is 0 Å². The van der Waals surface area contributed by atoms with Crippen LogP contribution >= 0.6 is 0 Å². The first kappa shape index (κ1) is 20.4. The van der Waals surface area contributed by atoms with Crippen molar-refractivity contribution in [3.63, 3.8) is 0 Å². The van der Waals surface area contributed by atoms with E-state index in [1.807, 2.05) is 27.7 Å². The number of fused-ring (bicyclic) bond motifs is 2. The van der Waals surface area contributed by atoms with Crippen LogP contribution in [0.4, 0.5) is 0 Å². The Bertz CT molecular complexity index is 1080. The lowest BCUT2D eigenvalue weighted by molar-refractivity contribution is 0.0685. The third-order valence-electron chi connectivity index (χ3n) is 7.13. The van der Waals surface area contributed by atoms with E-state index in [0.29, 0.717) is 11.1 Å². The first-order chi connectivity index (χ1) is 14.0. The van der Waals surface area contributed by atoms with Crippen molar-refractivity contribution in [3.05, 3.63) is 67.8 Å². The summed E-state index contributed by atoms with van der Waals surface area (Å²) in [6, 6.07) is 3.58. The number of hydrogen-bond acceptors (Lipinski definition) is 2. The maximum absolute atomic E-state index is 11.9. The van der Waals surface area contributed by atoms with E-state index in [1.165, 1.54) is 22.3 Å². The Morgan fingerprint density at radius 2 is 1.07 bits per heavy atom. The van der Waals surface area contributed by atoms with Crippen LogP contribution in [0.1, 0.15) is 79.1 Å². The van der Waals surface area contributed by atoms with E-state index in [2.05, 4.69) is 13.8 Å². The zero-order valence-electron chi connectivity index (χ0n) is 18.4. The minimum Gasteiger partial charge on any atom is -0.478 e. The number of aryl methyl sites for hydroxylation is 2. The Labute approximate surface area is 177 Å². The molecular formula is C26H28O4. The fourth-order valence-electron chi connectivity index (χ4n) is 5.75. The first-order valence-electron chi connectivity index (χ1n) is 10.5. The molecule has 0 aliphatic heterocycles. The SMILES string of the molecule is Cc1cc(C(=O)O)c(C)c2c1C[C@@H](C)/C2=C1\c2c(C)c(C(=O)O)cc(C)c2C[C@H]1C. The Morgan fingerprint density at radius 1 is 0.733 bits per heavy atom. The molecule has 0 aromatic heterocycles. The summed E-state index contributed by atoms with van der Waals surface area (Å²) in [6.45, 7) is 12.2. The Morgan fingerprint density at radius 3 is 1.37 bits per heavy atom. The number of carboxylic acid groups (broad SMARTS) is 2. The highest BCUT2D eigenvalue weighted by atomic mass is 16.4. The van der Waals surface area contributed by atoms with Crippen LogP contribution < -0.4 is 0 Å². The molecular weight excluding hydrogens is 376 g/mol. The van der Waals surface area contributed by atoms with E-state index in [1.54, 1.807) is 12.1 Å².